The van der Waals surface area contributed by atoms with Crippen molar-refractivity contribution in [3.63, 3.8) is 0 Å². The summed E-state index contributed by atoms with van der Waals surface area (Å²) in [4.78, 5) is 21.6. The molecule has 1 rings (SSSR count). The second-order valence-electron chi connectivity index (χ2n) is 3.28. The van der Waals surface area contributed by atoms with Gasteiger partial charge in [0.2, 0.25) is 0 Å². The van der Waals surface area contributed by atoms with Gasteiger partial charge in [-0.2, -0.15) is 0 Å². The van der Waals surface area contributed by atoms with Gasteiger partial charge in [-0.05, 0) is 19.3 Å². The molecule has 0 radical (unpaired) electrons. The molecular formula is C9H14O3. The van der Waals surface area contributed by atoms with Crippen LogP contribution in [0.25, 0.3) is 0 Å². The lowest BCUT2D eigenvalue weighted by atomic mass is 9.82. The Hall–Kier alpha value is -0.860. The Morgan fingerprint density at radius 3 is 2.83 bits per heavy atom. The number of hydrogen-bond donors (Lipinski definition) is 0. The highest BCUT2D eigenvalue weighted by Crippen LogP contribution is 2.28. The minimum atomic E-state index is -0.165. The van der Waals surface area contributed by atoms with Crippen LogP contribution in [0.3, 0.4) is 0 Å². The molecule has 0 saturated heterocycles. The van der Waals surface area contributed by atoms with Gasteiger partial charge in [-0.3, -0.25) is 4.79 Å². The van der Waals surface area contributed by atoms with Crippen LogP contribution in [-0.4, -0.2) is 19.4 Å². The molecule has 0 amide bonds. The number of aldehydes is 1. The topological polar surface area (TPSA) is 43.4 Å². The molecule has 0 unspecified atom stereocenters. The highest BCUT2D eigenvalue weighted by atomic mass is 16.5. The molecule has 1 aliphatic rings. The standard InChI is InChI=1S/C9H14O3/c1-12-9(11)8-4-2-3-7(5-8)6-10/h6-8H,2-5H2,1H3/t7-,8+/m0/s1. The summed E-state index contributed by atoms with van der Waals surface area (Å²) in [7, 11) is 1.40. The average Bonchev–Trinajstić information content (AvgIpc) is 2.17. The molecule has 68 valence electrons. The van der Waals surface area contributed by atoms with Crippen molar-refractivity contribution in [2.45, 2.75) is 25.7 Å². The maximum absolute atomic E-state index is 11.1. The van der Waals surface area contributed by atoms with Crippen molar-refractivity contribution in [2.24, 2.45) is 11.8 Å². The zero-order chi connectivity index (χ0) is 8.97. The molecule has 0 aromatic heterocycles. The first kappa shape index (κ1) is 9.23. The van der Waals surface area contributed by atoms with Crippen molar-refractivity contribution in [1.82, 2.24) is 0 Å². The Balaban J connectivity index is 2.45. The summed E-state index contributed by atoms with van der Waals surface area (Å²) in [6, 6.07) is 0. The van der Waals surface area contributed by atoms with Crippen molar-refractivity contribution in [2.75, 3.05) is 7.11 Å². The second-order valence-corrected chi connectivity index (χ2v) is 3.28. The van der Waals surface area contributed by atoms with E-state index in [2.05, 4.69) is 4.74 Å². The quantitative estimate of drug-likeness (QED) is 0.461. The summed E-state index contributed by atoms with van der Waals surface area (Å²) in [5, 5.41) is 0. The summed E-state index contributed by atoms with van der Waals surface area (Å²) in [6.07, 6.45) is 4.39. The number of esters is 1. The van der Waals surface area contributed by atoms with E-state index < -0.39 is 0 Å². The molecule has 0 spiro atoms. The maximum atomic E-state index is 11.1. The molecule has 1 saturated carbocycles. The van der Waals surface area contributed by atoms with Gasteiger partial charge in [0, 0.05) is 5.92 Å². The first-order valence-corrected chi connectivity index (χ1v) is 4.31. The van der Waals surface area contributed by atoms with Crippen molar-refractivity contribution >= 4 is 12.3 Å². The van der Waals surface area contributed by atoms with E-state index in [1.807, 2.05) is 0 Å². The van der Waals surface area contributed by atoms with Gasteiger partial charge in [-0.1, -0.05) is 6.42 Å². The normalized spacial score (nSPS) is 29.4. The fourth-order valence-electron chi connectivity index (χ4n) is 1.73. The molecule has 12 heavy (non-hydrogen) atoms. The maximum Gasteiger partial charge on any atom is 0.308 e. The monoisotopic (exact) mass is 170 g/mol. The van der Waals surface area contributed by atoms with Gasteiger partial charge in [0.15, 0.2) is 0 Å². The van der Waals surface area contributed by atoms with Crippen LogP contribution in [0, 0.1) is 11.8 Å². The van der Waals surface area contributed by atoms with Crippen LogP contribution >= 0.6 is 0 Å². The zero-order valence-corrected chi connectivity index (χ0v) is 7.29. The van der Waals surface area contributed by atoms with Crippen LogP contribution in [0.5, 0.6) is 0 Å². The molecule has 0 aromatic rings. The third kappa shape index (κ3) is 2.06. The summed E-state index contributed by atoms with van der Waals surface area (Å²) in [6.45, 7) is 0. The van der Waals surface area contributed by atoms with Crippen molar-refractivity contribution in [3.05, 3.63) is 0 Å². The van der Waals surface area contributed by atoms with Gasteiger partial charge < -0.3 is 9.53 Å². The minimum absolute atomic E-state index is 0.0426. The fraction of sp³-hybridized carbons (Fsp3) is 0.778. The molecule has 1 aliphatic carbocycles. The number of hydrogen-bond acceptors (Lipinski definition) is 3. The Labute approximate surface area is 72.1 Å². The molecule has 3 nitrogen and oxygen atoms in total. The molecule has 0 N–H and O–H groups in total. The Morgan fingerprint density at radius 1 is 1.50 bits per heavy atom. The predicted octanol–water partition coefficient (Wildman–Crippen LogP) is 1.16. The van der Waals surface area contributed by atoms with Crippen molar-refractivity contribution in [1.29, 1.82) is 0 Å². The number of carbonyl (C=O) groups excluding carboxylic acids is 2. The van der Waals surface area contributed by atoms with Gasteiger partial charge >= 0.3 is 5.97 Å². The number of rotatable bonds is 2. The number of methoxy groups -OCH3 is 1. The highest BCUT2D eigenvalue weighted by molar-refractivity contribution is 5.73. The molecule has 1 fully saturated rings. The Kier molecular flexibility index (Phi) is 3.26. The minimum Gasteiger partial charge on any atom is -0.469 e. The molecule has 0 aliphatic heterocycles. The van der Waals surface area contributed by atoms with Crippen LogP contribution in [0.2, 0.25) is 0 Å². The van der Waals surface area contributed by atoms with E-state index in [1.54, 1.807) is 0 Å². The lowest BCUT2D eigenvalue weighted by molar-refractivity contribution is -0.147. The lowest BCUT2D eigenvalue weighted by Crippen LogP contribution is -2.24. The van der Waals surface area contributed by atoms with E-state index in [0.29, 0.717) is 6.42 Å². The van der Waals surface area contributed by atoms with E-state index in [-0.39, 0.29) is 17.8 Å². The third-order valence-corrected chi connectivity index (χ3v) is 2.44. The first-order valence-electron chi connectivity index (χ1n) is 4.31. The summed E-state index contributed by atoms with van der Waals surface area (Å²) < 4.78 is 4.63. The van der Waals surface area contributed by atoms with Crippen molar-refractivity contribution < 1.29 is 14.3 Å². The molecule has 0 heterocycles. The smallest absolute Gasteiger partial charge is 0.308 e. The Bertz CT molecular complexity index is 177. The largest absolute Gasteiger partial charge is 0.469 e. The molecule has 2 atom stereocenters. The van der Waals surface area contributed by atoms with Crippen LogP contribution in [0.4, 0.5) is 0 Å². The highest BCUT2D eigenvalue weighted by Gasteiger charge is 2.27. The number of carbonyl (C=O) groups is 2. The predicted molar refractivity (Wildman–Crippen MR) is 43.5 cm³/mol. The SMILES string of the molecule is COC(=O)[C@@H]1CCC[C@H](C=O)C1. The van der Waals surface area contributed by atoms with Gasteiger partial charge in [0.25, 0.3) is 0 Å². The lowest BCUT2D eigenvalue weighted by Gasteiger charge is -2.23. The molecule has 0 bridgehead atoms. The van der Waals surface area contributed by atoms with E-state index in [4.69, 9.17) is 0 Å². The summed E-state index contributed by atoms with van der Waals surface area (Å²) in [5.74, 6) is -0.136. The van der Waals surface area contributed by atoms with Gasteiger partial charge in [0.1, 0.15) is 6.29 Å². The Morgan fingerprint density at radius 2 is 2.25 bits per heavy atom. The summed E-state index contributed by atoms with van der Waals surface area (Å²) >= 11 is 0. The van der Waals surface area contributed by atoms with E-state index in [1.165, 1.54) is 7.11 Å². The van der Waals surface area contributed by atoms with Gasteiger partial charge in [0.05, 0.1) is 13.0 Å². The zero-order valence-electron chi connectivity index (χ0n) is 7.29. The second kappa shape index (κ2) is 4.24. The average molecular weight is 170 g/mol. The number of ether oxygens (including phenoxy) is 1. The molecular weight excluding hydrogens is 156 g/mol. The molecule has 3 heteroatoms. The van der Waals surface area contributed by atoms with Crippen LogP contribution in [0.1, 0.15) is 25.7 Å². The van der Waals surface area contributed by atoms with Gasteiger partial charge in [-0.15, -0.1) is 0 Å². The van der Waals surface area contributed by atoms with Crippen LogP contribution in [0.15, 0.2) is 0 Å². The van der Waals surface area contributed by atoms with Crippen LogP contribution in [-0.2, 0) is 14.3 Å². The molecule has 0 aromatic carbocycles. The van der Waals surface area contributed by atoms with Crippen LogP contribution < -0.4 is 0 Å². The van der Waals surface area contributed by atoms with E-state index in [9.17, 15) is 9.59 Å². The van der Waals surface area contributed by atoms with E-state index in [0.717, 1.165) is 25.5 Å². The van der Waals surface area contributed by atoms with Gasteiger partial charge in [-0.25, -0.2) is 0 Å². The first-order chi connectivity index (χ1) is 5.77. The third-order valence-electron chi connectivity index (χ3n) is 2.44. The van der Waals surface area contributed by atoms with Crippen molar-refractivity contribution in [3.8, 4) is 0 Å². The summed E-state index contributed by atoms with van der Waals surface area (Å²) in [5.41, 5.74) is 0. The van der Waals surface area contributed by atoms with E-state index >= 15 is 0 Å². The fourth-order valence-corrected chi connectivity index (χ4v) is 1.73.